The summed E-state index contributed by atoms with van der Waals surface area (Å²) in [5.41, 5.74) is 0. The number of hydrogen-bond acceptors (Lipinski definition) is 6. The lowest BCUT2D eigenvalue weighted by Gasteiger charge is -2.18. The van der Waals surface area contributed by atoms with Crippen LogP contribution in [0.5, 0.6) is 0 Å². The minimum atomic E-state index is -0.842. The molecule has 0 aromatic heterocycles. The van der Waals surface area contributed by atoms with Crippen LogP contribution in [-0.4, -0.2) is 37.2 Å². The third-order valence-corrected chi connectivity index (χ3v) is 9.01. The highest BCUT2D eigenvalue weighted by atomic mass is 16.6. The van der Waals surface area contributed by atoms with E-state index < -0.39 is 6.10 Å². The predicted octanol–water partition coefficient (Wildman–Crippen LogP) is 15.5. The Kier molecular flexibility index (Phi) is 44.8. The lowest BCUT2D eigenvalue weighted by molar-refractivity contribution is -0.167. The molecule has 0 radical (unpaired) electrons. The normalized spacial score (nSPS) is 13.5. The molecule has 0 aromatic carbocycles. The van der Waals surface area contributed by atoms with Crippen LogP contribution in [0.3, 0.4) is 0 Å². The molecule has 0 aliphatic heterocycles. The SMILES string of the molecule is CC/C=C/C=C/C=C/C=C/C=C/CCCCCC(=O)OC(COC(=O)CCC/C=C/C=C/C=C/C=C/C=C/CC)COC(=O)CCCCCCCC/C=C/C/C=C/C/C=C/CC. The third-order valence-electron chi connectivity index (χ3n) is 9.01. The Morgan fingerprint density at radius 1 is 0.339 bits per heavy atom. The number of ether oxygens (including phenoxy) is 3. The van der Waals surface area contributed by atoms with Gasteiger partial charge in [-0.05, 0) is 83.5 Å². The predicted molar refractivity (Wildman–Crippen MR) is 265 cm³/mol. The first kappa shape index (κ1) is 57.0. The Bertz CT molecular complexity index is 1490. The maximum atomic E-state index is 12.8. The van der Waals surface area contributed by atoms with E-state index in [9.17, 15) is 14.4 Å². The average Bonchev–Trinajstić information content (AvgIpc) is 3.27. The second-order valence-electron chi connectivity index (χ2n) is 14.8. The molecule has 6 heteroatoms. The van der Waals surface area contributed by atoms with Gasteiger partial charge >= 0.3 is 17.9 Å². The molecule has 0 amide bonds. The molecule has 0 heterocycles. The monoisotopic (exact) mass is 851 g/mol. The zero-order chi connectivity index (χ0) is 45.1. The van der Waals surface area contributed by atoms with Crippen molar-refractivity contribution in [3.8, 4) is 0 Å². The molecule has 0 aliphatic carbocycles. The Balaban J connectivity index is 4.63. The second kappa shape index (κ2) is 48.7. The molecule has 0 aliphatic rings. The van der Waals surface area contributed by atoms with Crippen LogP contribution in [-0.2, 0) is 28.6 Å². The van der Waals surface area contributed by atoms with E-state index in [1.165, 1.54) is 12.8 Å². The molecule has 0 fully saturated rings. The Labute approximate surface area is 378 Å². The van der Waals surface area contributed by atoms with Gasteiger partial charge in [-0.1, -0.05) is 211 Å². The van der Waals surface area contributed by atoms with Gasteiger partial charge in [-0.2, -0.15) is 0 Å². The summed E-state index contributed by atoms with van der Waals surface area (Å²) in [7, 11) is 0. The second-order valence-corrected chi connectivity index (χ2v) is 14.8. The Morgan fingerprint density at radius 2 is 0.677 bits per heavy atom. The Morgan fingerprint density at radius 3 is 1.18 bits per heavy atom. The fourth-order valence-electron chi connectivity index (χ4n) is 5.56. The summed E-state index contributed by atoms with van der Waals surface area (Å²) in [5.74, 6) is -1.08. The molecular weight excluding hydrogens is 769 g/mol. The topological polar surface area (TPSA) is 78.9 Å². The number of unbranched alkanes of at least 4 members (excludes halogenated alkanes) is 10. The molecule has 0 aromatic rings. The highest BCUT2D eigenvalue weighted by Gasteiger charge is 2.19. The number of allylic oxidation sites excluding steroid dienone is 26. The maximum Gasteiger partial charge on any atom is 0.306 e. The number of hydrogen-bond donors (Lipinski definition) is 0. The van der Waals surface area contributed by atoms with Gasteiger partial charge in [-0.25, -0.2) is 0 Å². The molecule has 0 rings (SSSR count). The molecule has 6 nitrogen and oxygen atoms in total. The highest BCUT2D eigenvalue weighted by Crippen LogP contribution is 2.12. The highest BCUT2D eigenvalue weighted by molar-refractivity contribution is 5.71. The van der Waals surface area contributed by atoms with Crippen LogP contribution < -0.4 is 0 Å². The first-order valence-corrected chi connectivity index (χ1v) is 23.6. The maximum absolute atomic E-state index is 12.8. The van der Waals surface area contributed by atoms with Gasteiger partial charge < -0.3 is 14.2 Å². The van der Waals surface area contributed by atoms with Crippen molar-refractivity contribution in [3.05, 3.63) is 158 Å². The van der Waals surface area contributed by atoms with Crippen molar-refractivity contribution in [1.29, 1.82) is 0 Å². The summed E-state index contributed by atoms with van der Waals surface area (Å²) in [5, 5.41) is 0. The fourth-order valence-corrected chi connectivity index (χ4v) is 5.56. The van der Waals surface area contributed by atoms with E-state index >= 15 is 0 Å². The molecule has 1 unspecified atom stereocenters. The number of carbonyl (C=O) groups excluding carboxylic acids is 3. The van der Waals surface area contributed by atoms with Crippen LogP contribution in [0.1, 0.15) is 156 Å². The van der Waals surface area contributed by atoms with Crippen LogP contribution in [0.2, 0.25) is 0 Å². The summed E-state index contributed by atoms with van der Waals surface area (Å²) in [6.45, 7) is 6.08. The third kappa shape index (κ3) is 46.1. The smallest absolute Gasteiger partial charge is 0.306 e. The van der Waals surface area contributed by atoms with Gasteiger partial charge in [0.15, 0.2) is 6.10 Å². The van der Waals surface area contributed by atoms with Crippen LogP contribution in [0.25, 0.3) is 0 Å². The minimum absolute atomic E-state index is 0.133. The molecule has 1 atom stereocenters. The van der Waals surface area contributed by atoms with Gasteiger partial charge in [0.2, 0.25) is 0 Å². The Hall–Kier alpha value is -4.97. The van der Waals surface area contributed by atoms with Crippen LogP contribution in [0, 0.1) is 0 Å². The lowest BCUT2D eigenvalue weighted by atomic mass is 10.1. The van der Waals surface area contributed by atoms with Gasteiger partial charge in [0, 0.05) is 19.3 Å². The van der Waals surface area contributed by atoms with E-state index in [4.69, 9.17) is 14.2 Å². The van der Waals surface area contributed by atoms with Gasteiger partial charge in [0.1, 0.15) is 13.2 Å². The van der Waals surface area contributed by atoms with E-state index in [1.807, 2.05) is 103 Å². The summed E-state index contributed by atoms with van der Waals surface area (Å²) in [4.78, 5) is 37.8. The van der Waals surface area contributed by atoms with Gasteiger partial charge in [0.25, 0.3) is 0 Å². The van der Waals surface area contributed by atoms with Gasteiger partial charge in [-0.15, -0.1) is 0 Å². The number of rotatable bonds is 39. The first-order valence-electron chi connectivity index (χ1n) is 23.6. The van der Waals surface area contributed by atoms with Crippen LogP contribution in [0.15, 0.2) is 158 Å². The zero-order valence-electron chi connectivity index (χ0n) is 38.8. The molecule has 342 valence electrons. The largest absolute Gasteiger partial charge is 0.462 e. The van der Waals surface area contributed by atoms with Crippen molar-refractivity contribution in [2.24, 2.45) is 0 Å². The molecule has 62 heavy (non-hydrogen) atoms. The fraction of sp³-hybridized carbons (Fsp3) is 0.482. The van der Waals surface area contributed by atoms with E-state index in [-0.39, 0.29) is 44.0 Å². The number of carbonyl (C=O) groups is 3. The summed E-state index contributed by atoms with van der Waals surface area (Å²) < 4.78 is 16.6. The average molecular weight is 851 g/mol. The minimum Gasteiger partial charge on any atom is -0.462 e. The summed E-state index contributed by atoms with van der Waals surface area (Å²) >= 11 is 0. The van der Waals surface area contributed by atoms with Crippen LogP contribution in [0.4, 0.5) is 0 Å². The van der Waals surface area contributed by atoms with E-state index in [1.54, 1.807) is 0 Å². The van der Waals surface area contributed by atoms with Crippen molar-refractivity contribution in [2.45, 2.75) is 162 Å². The van der Waals surface area contributed by atoms with Gasteiger partial charge in [-0.3, -0.25) is 14.4 Å². The molecule has 0 N–H and O–H groups in total. The van der Waals surface area contributed by atoms with Crippen LogP contribution >= 0.6 is 0 Å². The molecule has 0 spiro atoms. The first-order chi connectivity index (χ1) is 30.5. The quantitative estimate of drug-likeness (QED) is 0.0202. The van der Waals surface area contributed by atoms with Crippen molar-refractivity contribution < 1.29 is 28.6 Å². The molecular formula is C56H82O6. The summed E-state index contributed by atoms with van der Waals surface area (Å²) in [6, 6.07) is 0. The molecule has 0 bridgehead atoms. The number of esters is 3. The molecule has 0 saturated heterocycles. The summed E-state index contributed by atoms with van der Waals surface area (Å²) in [6.07, 6.45) is 70.9. The molecule has 0 saturated carbocycles. The zero-order valence-corrected chi connectivity index (χ0v) is 38.8. The van der Waals surface area contributed by atoms with Crippen molar-refractivity contribution in [2.75, 3.05) is 13.2 Å². The lowest BCUT2D eigenvalue weighted by Crippen LogP contribution is -2.30. The standard InChI is InChI=1S/C56H82O6/c1-4-7-10-13-16-19-22-25-27-29-31-34-37-40-43-46-49-55(58)61-52-53(51-60-54(57)48-45-42-39-36-33-30-24-21-18-15-12-9-6-3)62-56(59)50-47-44-41-38-35-32-28-26-23-20-17-14-11-8-5-2/h7-12,14-21,23-28,30,32-33,35-36,39,53H,4-6,13,22,29,31,34,37-38,40-52H2,1-3H3/b10-7+,11-8+,12-9+,17-14+,18-15+,19-16+,23-20+,24-21+,27-25+,28-26+,33-30+,35-32+,39-36+. The van der Waals surface area contributed by atoms with Crippen molar-refractivity contribution >= 4 is 17.9 Å². The van der Waals surface area contributed by atoms with Crippen molar-refractivity contribution in [3.63, 3.8) is 0 Å². The van der Waals surface area contributed by atoms with E-state index in [0.29, 0.717) is 19.3 Å². The van der Waals surface area contributed by atoms with Gasteiger partial charge in [0.05, 0.1) is 0 Å². The van der Waals surface area contributed by atoms with E-state index in [0.717, 1.165) is 89.9 Å². The van der Waals surface area contributed by atoms with Crippen molar-refractivity contribution in [1.82, 2.24) is 0 Å². The van der Waals surface area contributed by atoms with E-state index in [2.05, 4.69) is 75.5 Å².